The molecule has 130 valence electrons. The maximum absolute atomic E-state index is 11.3. The van der Waals surface area contributed by atoms with Crippen molar-refractivity contribution in [1.82, 2.24) is 0 Å². The Morgan fingerprint density at radius 2 is 1.36 bits per heavy atom. The third-order valence-corrected chi connectivity index (χ3v) is 5.10. The molecule has 0 amide bonds. The summed E-state index contributed by atoms with van der Waals surface area (Å²) in [6.07, 6.45) is 13.9. The Bertz CT molecular complexity index is 282. The van der Waals surface area contributed by atoms with Gasteiger partial charge in [-0.15, -0.1) is 0 Å². The lowest BCUT2D eigenvalue weighted by Crippen LogP contribution is -2.09. The fourth-order valence-corrected chi connectivity index (χ4v) is 3.48. The van der Waals surface area contributed by atoms with E-state index in [9.17, 15) is 9.59 Å². The smallest absolute Gasteiger partial charge is 0.303 e. The molecule has 4 nitrogen and oxygen atoms in total. The maximum atomic E-state index is 11.3. The van der Waals surface area contributed by atoms with Crippen LogP contribution in [-0.4, -0.2) is 26.8 Å². The van der Waals surface area contributed by atoms with Crippen LogP contribution in [0.15, 0.2) is 0 Å². The molecule has 0 bridgehead atoms. The minimum atomic E-state index is -0.851. The number of carbonyl (C=O) groups excluding carboxylic acids is 1. The van der Waals surface area contributed by atoms with Gasteiger partial charge in [0.25, 0.3) is 5.97 Å². The van der Waals surface area contributed by atoms with Crippen LogP contribution in [0.3, 0.4) is 0 Å². The highest BCUT2D eigenvalue weighted by atomic mass is 28.2. The lowest BCUT2D eigenvalue weighted by Gasteiger charge is -2.04. The largest absolute Gasteiger partial charge is 0.525 e. The highest BCUT2D eigenvalue weighted by molar-refractivity contribution is 6.30. The Kier molecular flexibility index (Phi) is 15.9. The van der Waals surface area contributed by atoms with Crippen molar-refractivity contribution in [1.29, 1.82) is 0 Å². The van der Waals surface area contributed by atoms with E-state index in [0.29, 0.717) is 6.42 Å². The average molecular weight is 331 g/mol. The number of unbranched alkanes of at least 4 members (excludes halogenated alkanes) is 9. The maximum Gasteiger partial charge on any atom is 0.303 e. The fourth-order valence-electron chi connectivity index (χ4n) is 2.41. The summed E-state index contributed by atoms with van der Waals surface area (Å²) in [7, 11) is -0.734. The molecule has 0 unspecified atom stereocenters. The minimum Gasteiger partial charge on any atom is -0.525 e. The topological polar surface area (TPSA) is 63.6 Å². The molecule has 0 atom stereocenters. The van der Waals surface area contributed by atoms with E-state index in [2.05, 4.69) is 6.92 Å². The molecule has 0 fully saturated rings. The molecule has 0 rings (SSSR count). The zero-order valence-corrected chi connectivity index (χ0v) is 15.7. The van der Waals surface area contributed by atoms with Crippen molar-refractivity contribution >= 4 is 21.7 Å². The van der Waals surface area contributed by atoms with Gasteiger partial charge < -0.3 is 9.53 Å². The van der Waals surface area contributed by atoms with Crippen LogP contribution in [-0.2, 0) is 14.0 Å². The van der Waals surface area contributed by atoms with Crippen LogP contribution in [0.2, 0.25) is 6.04 Å². The van der Waals surface area contributed by atoms with E-state index in [1.54, 1.807) is 0 Å². The van der Waals surface area contributed by atoms with Crippen molar-refractivity contribution in [2.45, 2.75) is 96.4 Å². The van der Waals surface area contributed by atoms with Gasteiger partial charge in [0, 0.05) is 12.8 Å². The van der Waals surface area contributed by atoms with Gasteiger partial charge in [0.1, 0.15) is 0 Å². The van der Waals surface area contributed by atoms with Gasteiger partial charge in [-0.1, -0.05) is 71.1 Å². The number of carbonyl (C=O) groups is 2. The molecule has 0 aliphatic heterocycles. The normalized spacial score (nSPS) is 11.1. The molecule has 0 radical (unpaired) electrons. The van der Waals surface area contributed by atoms with Crippen molar-refractivity contribution < 1.29 is 19.1 Å². The SMILES string of the molecule is CCCCCCCCCCCC[SiH2]OC(=O)CCCC(=O)O. The Morgan fingerprint density at radius 3 is 1.91 bits per heavy atom. The van der Waals surface area contributed by atoms with Crippen LogP contribution in [0.5, 0.6) is 0 Å². The second-order valence-electron chi connectivity index (χ2n) is 6.00. The van der Waals surface area contributed by atoms with E-state index in [0.717, 1.165) is 6.04 Å². The quantitative estimate of drug-likeness (QED) is 0.340. The number of hydrogen-bond donors (Lipinski definition) is 1. The molecule has 22 heavy (non-hydrogen) atoms. The second kappa shape index (κ2) is 16.5. The third-order valence-electron chi connectivity index (χ3n) is 3.78. The predicted molar refractivity (Wildman–Crippen MR) is 92.8 cm³/mol. The van der Waals surface area contributed by atoms with Gasteiger partial charge in [-0.3, -0.25) is 9.59 Å². The highest BCUT2D eigenvalue weighted by Crippen LogP contribution is 2.11. The summed E-state index contributed by atoms with van der Waals surface area (Å²) in [5.74, 6) is -1.06. The van der Waals surface area contributed by atoms with Crippen LogP contribution in [0.25, 0.3) is 0 Å². The Balaban J connectivity index is 3.13. The zero-order chi connectivity index (χ0) is 16.5. The van der Waals surface area contributed by atoms with E-state index < -0.39 is 15.7 Å². The van der Waals surface area contributed by atoms with Gasteiger partial charge in [0.2, 0.25) is 9.76 Å². The lowest BCUT2D eigenvalue weighted by molar-refractivity contribution is -0.137. The number of carboxylic acids is 1. The second-order valence-corrected chi connectivity index (χ2v) is 7.41. The molecular weight excluding hydrogens is 296 g/mol. The highest BCUT2D eigenvalue weighted by Gasteiger charge is 2.04. The molecule has 0 saturated carbocycles. The lowest BCUT2D eigenvalue weighted by atomic mass is 10.1. The molecule has 0 aliphatic rings. The molecule has 0 spiro atoms. The molecule has 5 heteroatoms. The fraction of sp³-hybridized carbons (Fsp3) is 0.882. The third kappa shape index (κ3) is 17.2. The number of carboxylic acid groups (broad SMARTS) is 1. The number of hydrogen-bond acceptors (Lipinski definition) is 3. The van der Waals surface area contributed by atoms with E-state index in [1.807, 2.05) is 0 Å². The van der Waals surface area contributed by atoms with Gasteiger partial charge in [-0.25, -0.2) is 0 Å². The van der Waals surface area contributed by atoms with Gasteiger partial charge in [-0.05, 0) is 12.5 Å². The molecule has 0 aromatic carbocycles. The van der Waals surface area contributed by atoms with Gasteiger partial charge in [0.15, 0.2) is 0 Å². The minimum absolute atomic E-state index is 0.0507. The standard InChI is InChI=1S/C17H34O4Si/c1-2-3-4-5-6-7-8-9-10-11-15-22-21-17(20)14-12-13-16(18)19/h2-15,22H2,1H3,(H,18,19). The summed E-state index contributed by atoms with van der Waals surface area (Å²) < 4.78 is 5.21. The summed E-state index contributed by atoms with van der Waals surface area (Å²) in [6.45, 7) is 2.25. The van der Waals surface area contributed by atoms with Crippen molar-refractivity contribution in [3.8, 4) is 0 Å². The Hall–Kier alpha value is -0.843. The molecule has 0 aromatic heterocycles. The Morgan fingerprint density at radius 1 is 0.818 bits per heavy atom. The van der Waals surface area contributed by atoms with Gasteiger partial charge in [0.05, 0.1) is 0 Å². The summed E-state index contributed by atoms with van der Waals surface area (Å²) in [5.41, 5.74) is 0. The number of aliphatic carboxylic acids is 1. The predicted octanol–water partition coefficient (Wildman–Crippen LogP) is 4.21. The summed E-state index contributed by atoms with van der Waals surface area (Å²) in [6, 6.07) is 1.06. The number of rotatable bonds is 16. The first kappa shape index (κ1) is 21.2. The Labute approximate surface area is 138 Å². The summed E-state index contributed by atoms with van der Waals surface area (Å²) in [4.78, 5) is 21.6. The van der Waals surface area contributed by atoms with E-state index in [4.69, 9.17) is 9.53 Å². The molecule has 1 N–H and O–H groups in total. The monoisotopic (exact) mass is 330 g/mol. The van der Waals surface area contributed by atoms with E-state index in [1.165, 1.54) is 64.2 Å². The first-order valence-corrected chi connectivity index (χ1v) is 10.6. The van der Waals surface area contributed by atoms with Gasteiger partial charge in [-0.2, -0.15) is 0 Å². The first-order chi connectivity index (χ1) is 10.7. The average Bonchev–Trinajstić information content (AvgIpc) is 2.48. The van der Waals surface area contributed by atoms with Crippen LogP contribution < -0.4 is 0 Å². The molecule has 0 aromatic rings. The van der Waals surface area contributed by atoms with Crippen LogP contribution in [0, 0.1) is 0 Å². The van der Waals surface area contributed by atoms with E-state index in [-0.39, 0.29) is 18.8 Å². The molecule has 0 heterocycles. The molecule has 0 saturated heterocycles. The van der Waals surface area contributed by atoms with Crippen LogP contribution in [0.1, 0.15) is 90.4 Å². The van der Waals surface area contributed by atoms with Crippen LogP contribution in [0.4, 0.5) is 0 Å². The van der Waals surface area contributed by atoms with Crippen molar-refractivity contribution in [3.05, 3.63) is 0 Å². The van der Waals surface area contributed by atoms with Crippen LogP contribution >= 0.6 is 0 Å². The molecular formula is C17H34O4Si. The van der Waals surface area contributed by atoms with Gasteiger partial charge >= 0.3 is 5.97 Å². The summed E-state index contributed by atoms with van der Waals surface area (Å²) >= 11 is 0. The molecule has 0 aliphatic carbocycles. The summed E-state index contributed by atoms with van der Waals surface area (Å²) in [5, 5.41) is 8.47. The van der Waals surface area contributed by atoms with E-state index >= 15 is 0 Å². The zero-order valence-electron chi connectivity index (χ0n) is 14.3. The first-order valence-electron chi connectivity index (χ1n) is 9.04. The van der Waals surface area contributed by atoms with Crippen molar-refractivity contribution in [3.63, 3.8) is 0 Å². The van der Waals surface area contributed by atoms with Crippen molar-refractivity contribution in [2.75, 3.05) is 0 Å². The van der Waals surface area contributed by atoms with Crippen molar-refractivity contribution in [2.24, 2.45) is 0 Å².